The monoisotopic (exact) mass is 387 g/mol. The molecule has 1 aromatic heterocycles. The lowest BCUT2D eigenvalue weighted by Gasteiger charge is -2.33. The molecule has 6 nitrogen and oxygen atoms in total. The highest BCUT2D eigenvalue weighted by Crippen LogP contribution is 2.27. The van der Waals surface area contributed by atoms with Crippen molar-refractivity contribution in [2.45, 2.75) is 13.8 Å². The quantitative estimate of drug-likeness (QED) is 0.675. The van der Waals surface area contributed by atoms with Crippen molar-refractivity contribution in [3.8, 4) is 11.3 Å². The molecule has 2 aromatic carbocycles. The van der Waals surface area contributed by atoms with Gasteiger partial charge in [0.2, 0.25) is 12.4 Å². The molecule has 0 unspecified atom stereocenters. The van der Waals surface area contributed by atoms with E-state index in [4.69, 9.17) is 9.97 Å². The number of aromatic nitrogens is 2. The lowest BCUT2D eigenvalue weighted by Crippen LogP contribution is -2.46. The topological polar surface area (TPSA) is 61.4 Å². The molecule has 29 heavy (non-hydrogen) atoms. The number of amides is 1. The molecule has 6 heteroatoms. The van der Waals surface area contributed by atoms with Gasteiger partial charge in [-0.1, -0.05) is 48.5 Å². The number of aryl methyl sites for hydroxylation is 2. The summed E-state index contributed by atoms with van der Waals surface area (Å²) in [6.45, 7) is 7.08. The van der Waals surface area contributed by atoms with Crippen LogP contribution in [-0.4, -0.2) is 47.5 Å². The van der Waals surface area contributed by atoms with Crippen LogP contribution in [0.15, 0.2) is 54.6 Å². The van der Waals surface area contributed by atoms with E-state index >= 15 is 0 Å². The summed E-state index contributed by atoms with van der Waals surface area (Å²) in [5.74, 6) is 1.45. The van der Waals surface area contributed by atoms with Gasteiger partial charge in [0.1, 0.15) is 5.82 Å². The van der Waals surface area contributed by atoms with E-state index in [0.29, 0.717) is 19.0 Å². The van der Waals surface area contributed by atoms with Crippen molar-refractivity contribution in [2.24, 2.45) is 0 Å². The Labute approximate surface area is 171 Å². The highest BCUT2D eigenvalue weighted by molar-refractivity contribution is 5.69. The van der Waals surface area contributed by atoms with Crippen LogP contribution >= 0.6 is 0 Å². The van der Waals surface area contributed by atoms with Crippen molar-refractivity contribution >= 4 is 23.9 Å². The first kappa shape index (κ1) is 18.9. The Bertz CT molecular complexity index is 977. The van der Waals surface area contributed by atoms with Gasteiger partial charge in [0, 0.05) is 43.5 Å². The van der Waals surface area contributed by atoms with Crippen LogP contribution in [0.2, 0.25) is 0 Å². The summed E-state index contributed by atoms with van der Waals surface area (Å²) in [5, 5.41) is 3.43. The predicted molar refractivity (Wildman–Crippen MR) is 117 cm³/mol. The summed E-state index contributed by atoms with van der Waals surface area (Å²) < 4.78 is 0. The molecule has 4 rings (SSSR count). The van der Waals surface area contributed by atoms with Gasteiger partial charge >= 0.3 is 0 Å². The summed E-state index contributed by atoms with van der Waals surface area (Å²) in [6, 6.07) is 18.4. The molecule has 0 saturated carbocycles. The van der Waals surface area contributed by atoms with Crippen LogP contribution in [0.3, 0.4) is 0 Å². The van der Waals surface area contributed by atoms with Crippen molar-refractivity contribution < 1.29 is 4.79 Å². The second-order valence-electron chi connectivity index (χ2n) is 7.32. The molecular weight excluding hydrogens is 362 g/mol. The number of benzene rings is 2. The predicted octanol–water partition coefficient (Wildman–Crippen LogP) is 3.78. The number of anilines is 3. The number of piperazine rings is 1. The Kier molecular flexibility index (Phi) is 5.42. The Morgan fingerprint density at radius 3 is 2.24 bits per heavy atom. The molecule has 148 valence electrons. The number of hydrogen-bond donors (Lipinski definition) is 1. The van der Waals surface area contributed by atoms with Crippen LogP contribution in [0.25, 0.3) is 11.3 Å². The molecule has 1 fully saturated rings. The summed E-state index contributed by atoms with van der Waals surface area (Å²) >= 11 is 0. The van der Waals surface area contributed by atoms with E-state index in [1.54, 1.807) is 4.90 Å². The van der Waals surface area contributed by atoms with Crippen LogP contribution in [-0.2, 0) is 4.79 Å². The zero-order chi connectivity index (χ0) is 20.2. The minimum atomic E-state index is 0.580. The number of para-hydroxylation sites is 1. The maximum absolute atomic E-state index is 11.0. The van der Waals surface area contributed by atoms with Gasteiger partial charge in [-0.25, -0.2) is 4.98 Å². The molecule has 1 aliphatic heterocycles. The molecule has 1 saturated heterocycles. The molecule has 2 heterocycles. The molecule has 1 aliphatic rings. The molecule has 1 N–H and O–H groups in total. The number of nitrogens with one attached hydrogen (secondary N) is 1. The van der Waals surface area contributed by atoms with Gasteiger partial charge in [0.25, 0.3) is 0 Å². The number of hydrogen-bond acceptors (Lipinski definition) is 5. The van der Waals surface area contributed by atoms with Crippen LogP contribution < -0.4 is 10.2 Å². The molecule has 0 radical (unpaired) electrons. The van der Waals surface area contributed by atoms with Crippen molar-refractivity contribution in [2.75, 3.05) is 36.4 Å². The summed E-state index contributed by atoms with van der Waals surface area (Å²) in [5.41, 5.74) is 5.27. The summed E-state index contributed by atoms with van der Waals surface area (Å²) in [6.07, 6.45) is 0.917. The van der Waals surface area contributed by atoms with Gasteiger partial charge in [-0.2, -0.15) is 4.98 Å². The molecule has 1 amide bonds. The zero-order valence-electron chi connectivity index (χ0n) is 16.8. The Morgan fingerprint density at radius 1 is 0.897 bits per heavy atom. The van der Waals surface area contributed by atoms with Crippen molar-refractivity contribution in [1.82, 2.24) is 14.9 Å². The standard InChI is InChI=1S/C23H25N5O/c1-17-7-6-8-18(2)22(17)26-23-24-20(19-9-4-3-5-10-19)15-21(25-23)28-13-11-27(16-29)12-14-28/h3-10,15-16H,11-14H2,1-2H3,(H,24,25,26). The average molecular weight is 387 g/mol. The van der Waals surface area contributed by atoms with Crippen LogP contribution in [0, 0.1) is 13.8 Å². The van der Waals surface area contributed by atoms with Crippen LogP contribution in [0.4, 0.5) is 17.5 Å². The van der Waals surface area contributed by atoms with Gasteiger partial charge in [0.15, 0.2) is 0 Å². The SMILES string of the molecule is Cc1cccc(C)c1Nc1nc(-c2ccccc2)cc(N2CCN(C=O)CC2)n1. The van der Waals surface area contributed by atoms with E-state index in [9.17, 15) is 4.79 Å². The van der Waals surface area contributed by atoms with E-state index in [1.807, 2.05) is 24.3 Å². The molecule has 0 aliphatic carbocycles. The fraction of sp³-hybridized carbons (Fsp3) is 0.261. The minimum absolute atomic E-state index is 0.580. The second-order valence-corrected chi connectivity index (χ2v) is 7.32. The first-order chi connectivity index (χ1) is 14.1. The smallest absolute Gasteiger partial charge is 0.229 e. The first-order valence-electron chi connectivity index (χ1n) is 9.86. The maximum Gasteiger partial charge on any atom is 0.229 e. The van der Waals surface area contributed by atoms with Crippen molar-refractivity contribution in [3.05, 3.63) is 65.7 Å². The third-order valence-corrected chi connectivity index (χ3v) is 5.29. The number of nitrogens with zero attached hydrogens (tertiary/aromatic N) is 4. The number of rotatable bonds is 5. The van der Waals surface area contributed by atoms with Crippen molar-refractivity contribution in [3.63, 3.8) is 0 Å². The molecule has 0 bridgehead atoms. The Hall–Kier alpha value is -3.41. The minimum Gasteiger partial charge on any atom is -0.353 e. The van der Waals surface area contributed by atoms with Crippen LogP contribution in [0.5, 0.6) is 0 Å². The second kappa shape index (κ2) is 8.31. The van der Waals surface area contributed by atoms with E-state index in [1.165, 1.54) is 0 Å². The lowest BCUT2D eigenvalue weighted by molar-refractivity contribution is -0.118. The Morgan fingerprint density at radius 2 is 1.59 bits per heavy atom. The fourth-order valence-electron chi connectivity index (χ4n) is 3.59. The van der Waals surface area contributed by atoms with E-state index < -0.39 is 0 Å². The normalized spacial score (nSPS) is 14.0. The van der Waals surface area contributed by atoms with Crippen molar-refractivity contribution in [1.29, 1.82) is 0 Å². The van der Waals surface area contributed by atoms with E-state index in [0.717, 1.165) is 53.4 Å². The molecule has 0 atom stereocenters. The lowest BCUT2D eigenvalue weighted by atomic mass is 10.1. The first-order valence-corrected chi connectivity index (χ1v) is 9.86. The van der Waals surface area contributed by atoms with E-state index in [2.05, 4.69) is 54.4 Å². The van der Waals surface area contributed by atoms with Gasteiger partial charge in [-0.3, -0.25) is 4.79 Å². The van der Waals surface area contributed by atoms with Gasteiger partial charge in [-0.05, 0) is 25.0 Å². The van der Waals surface area contributed by atoms with Gasteiger partial charge < -0.3 is 15.1 Å². The average Bonchev–Trinajstić information content (AvgIpc) is 2.77. The summed E-state index contributed by atoms with van der Waals surface area (Å²) in [4.78, 5) is 24.6. The van der Waals surface area contributed by atoms with Gasteiger partial charge in [-0.15, -0.1) is 0 Å². The van der Waals surface area contributed by atoms with Crippen LogP contribution in [0.1, 0.15) is 11.1 Å². The third-order valence-electron chi connectivity index (χ3n) is 5.29. The summed E-state index contributed by atoms with van der Waals surface area (Å²) in [7, 11) is 0. The number of carbonyl (C=O) groups is 1. The van der Waals surface area contributed by atoms with E-state index in [-0.39, 0.29) is 0 Å². The third kappa shape index (κ3) is 4.21. The Balaban J connectivity index is 1.71. The largest absolute Gasteiger partial charge is 0.353 e. The molecule has 0 spiro atoms. The molecule has 3 aromatic rings. The maximum atomic E-state index is 11.0. The number of carbonyl (C=O) groups excluding carboxylic acids is 1. The molecular formula is C23H25N5O. The fourth-order valence-corrected chi connectivity index (χ4v) is 3.59. The zero-order valence-corrected chi connectivity index (χ0v) is 16.8. The highest BCUT2D eigenvalue weighted by Gasteiger charge is 2.19. The highest BCUT2D eigenvalue weighted by atomic mass is 16.1. The van der Waals surface area contributed by atoms with Gasteiger partial charge in [0.05, 0.1) is 5.69 Å².